The van der Waals surface area contributed by atoms with Crippen LogP contribution in [0.3, 0.4) is 0 Å². The van der Waals surface area contributed by atoms with Crippen molar-refractivity contribution in [2.75, 3.05) is 11.1 Å². The predicted molar refractivity (Wildman–Crippen MR) is 131 cm³/mol. The Balaban J connectivity index is 0.00000216. The molecule has 1 aromatic carbocycles. The average Bonchev–Trinajstić information content (AvgIpc) is 3.46. The normalized spacial score (nSPS) is 36.4. The van der Waals surface area contributed by atoms with Crippen molar-refractivity contribution in [3.8, 4) is 0 Å². The van der Waals surface area contributed by atoms with E-state index in [1.54, 1.807) is 0 Å². The molecule has 5 saturated carbocycles. The van der Waals surface area contributed by atoms with Gasteiger partial charge in [-0.1, -0.05) is 23.4 Å². The van der Waals surface area contributed by atoms with Crippen molar-refractivity contribution in [1.29, 1.82) is 0 Å². The molecule has 1 amide bonds. The van der Waals surface area contributed by atoms with Gasteiger partial charge < -0.3 is 10.2 Å². The fraction of sp³-hybridized carbons (Fsp3) is 0.667. The lowest BCUT2D eigenvalue weighted by Crippen LogP contribution is -2.50. The Morgan fingerprint density at radius 2 is 1.84 bits per heavy atom. The lowest BCUT2D eigenvalue weighted by Gasteiger charge is -2.55. The number of thioether (sulfide) groups is 1. The molecule has 6 fully saturated rings. The number of nitrogens with one attached hydrogen (secondary N) is 1. The number of carbonyl (C=O) groups excluding carboxylic acids is 1. The zero-order valence-electron chi connectivity index (χ0n) is 18.1. The van der Waals surface area contributed by atoms with Gasteiger partial charge in [-0.2, -0.15) is 0 Å². The fourth-order valence-corrected chi connectivity index (χ4v) is 8.45. The minimum atomic E-state index is -0.457. The van der Waals surface area contributed by atoms with Gasteiger partial charge in [-0.05, 0) is 87.3 Å². The van der Waals surface area contributed by atoms with E-state index in [4.69, 9.17) is 16.6 Å². The van der Waals surface area contributed by atoms with Crippen molar-refractivity contribution < 1.29 is 9.18 Å². The Hall–Kier alpha value is -0.980. The van der Waals surface area contributed by atoms with Gasteiger partial charge in [-0.3, -0.25) is 9.79 Å². The molecule has 7 rings (SSSR count). The highest BCUT2D eigenvalue weighted by Gasteiger charge is 2.52. The van der Waals surface area contributed by atoms with Crippen LogP contribution in [0.25, 0.3) is 0 Å². The molecular formula is C24H30Cl2FN3OS. The van der Waals surface area contributed by atoms with Crippen molar-refractivity contribution in [3.63, 3.8) is 0 Å². The fourth-order valence-electron chi connectivity index (χ4n) is 6.95. The first-order valence-corrected chi connectivity index (χ1v) is 13.1. The highest BCUT2D eigenvalue weighted by molar-refractivity contribution is 8.14. The monoisotopic (exact) mass is 497 g/mol. The number of benzene rings is 1. The van der Waals surface area contributed by atoms with Crippen molar-refractivity contribution >= 4 is 52.5 Å². The molecule has 0 radical (unpaired) electrons. The van der Waals surface area contributed by atoms with E-state index in [9.17, 15) is 9.18 Å². The number of anilines is 1. The first-order valence-electron chi connectivity index (χ1n) is 11.7. The topological polar surface area (TPSA) is 44.7 Å². The first-order chi connectivity index (χ1) is 15.0. The third-order valence-electron chi connectivity index (χ3n) is 7.92. The van der Waals surface area contributed by atoms with Crippen molar-refractivity contribution in [2.24, 2.45) is 22.7 Å². The lowest BCUT2D eigenvalue weighted by molar-refractivity contribution is -0.117. The van der Waals surface area contributed by atoms with Crippen LogP contribution in [0, 0.1) is 23.6 Å². The summed E-state index contributed by atoms with van der Waals surface area (Å²) in [5, 5.41) is 4.32. The Bertz CT molecular complexity index is 903. The lowest BCUT2D eigenvalue weighted by atomic mass is 9.53. The van der Waals surface area contributed by atoms with Gasteiger partial charge in [-0.25, -0.2) is 4.39 Å². The van der Waals surface area contributed by atoms with Gasteiger partial charge in [0.15, 0.2) is 5.17 Å². The highest BCUT2D eigenvalue weighted by Crippen LogP contribution is 2.57. The molecule has 0 spiro atoms. The summed E-state index contributed by atoms with van der Waals surface area (Å²) in [5.74, 6) is 2.91. The van der Waals surface area contributed by atoms with Gasteiger partial charge in [0.2, 0.25) is 5.91 Å². The Morgan fingerprint density at radius 3 is 2.47 bits per heavy atom. The molecule has 1 atom stereocenters. The minimum Gasteiger partial charge on any atom is -0.344 e. The van der Waals surface area contributed by atoms with E-state index in [2.05, 4.69) is 10.2 Å². The van der Waals surface area contributed by atoms with E-state index in [1.807, 2.05) is 11.8 Å². The maximum Gasteiger partial charge on any atom is 0.226 e. The molecule has 4 bridgehead atoms. The summed E-state index contributed by atoms with van der Waals surface area (Å²) in [5.41, 5.74) is 0.314. The first kappa shape index (κ1) is 22.8. The van der Waals surface area contributed by atoms with E-state index in [0.717, 1.165) is 23.5 Å². The summed E-state index contributed by atoms with van der Waals surface area (Å²) >= 11 is 7.80. The number of amides is 1. The van der Waals surface area contributed by atoms with Crippen LogP contribution >= 0.6 is 35.8 Å². The van der Waals surface area contributed by atoms with Gasteiger partial charge in [0, 0.05) is 29.3 Å². The zero-order chi connectivity index (χ0) is 21.2. The molecule has 32 heavy (non-hydrogen) atoms. The summed E-state index contributed by atoms with van der Waals surface area (Å²) in [6.07, 6.45) is 10.8. The van der Waals surface area contributed by atoms with E-state index in [1.165, 1.54) is 74.7 Å². The smallest absolute Gasteiger partial charge is 0.226 e. The van der Waals surface area contributed by atoms with Crippen molar-refractivity contribution in [1.82, 2.24) is 4.90 Å². The van der Waals surface area contributed by atoms with Crippen molar-refractivity contribution in [2.45, 2.75) is 75.4 Å². The number of hydrogen-bond donors (Lipinski definition) is 1. The molecule has 0 aromatic heterocycles. The van der Waals surface area contributed by atoms with E-state index >= 15 is 0 Å². The second kappa shape index (κ2) is 8.66. The molecule has 174 valence electrons. The van der Waals surface area contributed by atoms with Crippen LogP contribution in [-0.2, 0) is 4.79 Å². The van der Waals surface area contributed by atoms with Crippen LogP contribution in [0.4, 0.5) is 10.1 Å². The second-order valence-electron chi connectivity index (χ2n) is 10.5. The number of nitrogens with zero attached hydrogens (tertiary/aromatic N) is 2. The maximum absolute atomic E-state index is 14.0. The van der Waals surface area contributed by atoms with Gasteiger partial charge in [0.1, 0.15) is 5.82 Å². The number of carbonyl (C=O) groups is 1. The molecule has 1 unspecified atom stereocenters. The molecule has 1 saturated heterocycles. The molecule has 1 aliphatic heterocycles. The number of halogens is 3. The van der Waals surface area contributed by atoms with Crippen molar-refractivity contribution in [3.05, 3.63) is 29.0 Å². The molecule has 8 heteroatoms. The third-order valence-corrected chi connectivity index (χ3v) is 9.27. The predicted octanol–water partition coefficient (Wildman–Crippen LogP) is 6.13. The van der Waals surface area contributed by atoms with Crippen LogP contribution < -0.4 is 5.32 Å². The van der Waals surface area contributed by atoms with Gasteiger partial charge in [-0.15, -0.1) is 12.4 Å². The molecule has 6 aliphatic rings. The Labute approximate surface area is 204 Å². The molecule has 1 aromatic rings. The number of hydrogen-bond acceptors (Lipinski definition) is 3. The van der Waals surface area contributed by atoms with E-state index < -0.39 is 5.82 Å². The summed E-state index contributed by atoms with van der Waals surface area (Å²) in [4.78, 5) is 20.7. The summed E-state index contributed by atoms with van der Waals surface area (Å²) < 4.78 is 14.0. The van der Waals surface area contributed by atoms with E-state index in [-0.39, 0.29) is 35.6 Å². The van der Waals surface area contributed by atoms with Crippen LogP contribution in [-0.4, -0.2) is 39.4 Å². The quantitative estimate of drug-likeness (QED) is 0.531. The largest absolute Gasteiger partial charge is 0.344 e. The molecule has 1 N–H and O–H groups in total. The molecule has 4 nitrogen and oxygen atoms in total. The summed E-state index contributed by atoms with van der Waals surface area (Å²) in [6.45, 7) is 0. The van der Waals surface area contributed by atoms with E-state index in [0.29, 0.717) is 17.5 Å². The number of aliphatic imine (C=N–C) groups is 1. The Kier molecular flexibility index (Phi) is 6.17. The molecule has 5 aliphatic carbocycles. The minimum absolute atomic E-state index is 0. The van der Waals surface area contributed by atoms with Crippen LogP contribution in [0.5, 0.6) is 0 Å². The maximum atomic E-state index is 14.0. The van der Waals surface area contributed by atoms with Crippen LogP contribution in [0.2, 0.25) is 5.02 Å². The van der Waals surface area contributed by atoms with Gasteiger partial charge in [0.25, 0.3) is 0 Å². The second-order valence-corrected chi connectivity index (χ2v) is 11.9. The summed E-state index contributed by atoms with van der Waals surface area (Å²) in [7, 11) is 0. The van der Waals surface area contributed by atoms with Gasteiger partial charge in [0.05, 0.1) is 11.2 Å². The number of rotatable bonds is 5. The Morgan fingerprint density at radius 1 is 1.19 bits per heavy atom. The summed E-state index contributed by atoms with van der Waals surface area (Å²) in [6, 6.07) is 4.89. The molecule has 1 heterocycles. The zero-order valence-corrected chi connectivity index (χ0v) is 20.5. The van der Waals surface area contributed by atoms with Crippen LogP contribution in [0.1, 0.15) is 57.8 Å². The third kappa shape index (κ3) is 4.39. The highest BCUT2D eigenvalue weighted by atomic mass is 35.5. The average molecular weight is 498 g/mol. The van der Waals surface area contributed by atoms with Crippen LogP contribution in [0.15, 0.2) is 23.2 Å². The van der Waals surface area contributed by atoms with Gasteiger partial charge >= 0.3 is 0 Å². The number of amidine groups is 1. The molecular weight excluding hydrogens is 468 g/mol. The SMILES string of the molecule is Cl.O=C(CC1CS/C(=N\C23CC4CC(CC(C4)C2)C3)N1C1CC1)Nc1cc(Cl)ccc1F. The standard InChI is InChI=1S/C24H29ClFN3OS.ClH/c25-17-1-4-20(26)21(8-17)27-22(30)9-19-13-31-23(29(19)18-2-3-18)28-24-10-14-5-15(11-24)7-16(6-14)12-24;/h1,4,8,14-16,18-19H,2-3,5-7,9-13H2,(H,27,30);1H/b28-23-;.